The summed E-state index contributed by atoms with van der Waals surface area (Å²) < 4.78 is 0. The first-order chi connectivity index (χ1) is 5.33. The van der Waals surface area contributed by atoms with Crippen molar-refractivity contribution in [3.63, 3.8) is 0 Å². The summed E-state index contributed by atoms with van der Waals surface area (Å²) in [7, 11) is 0. The molecule has 0 N–H and O–H groups in total. The zero-order valence-corrected chi connectivity index (χ0v) is 7.89. The number of nitrogens with zero attached hydrogens (tertiary/aromatic N) is 1. The Bertz CT molecular complexity index is 102. The van der Waals surface area contributed by atoms with Crippen LogP contribution in [0.4, 0.5) is 0 Å². The number of hydrogen-bond acceptors (Lipinski definition) is 2. The highest BCUT2D eigenvalue weighted by Crippen LogP contribution is 2.03. The van der Waals surface area contributed by atoms with Gasteiger partial charge in [-0.3, -0.25) is 4.79 Å². The van der Waals surface area contributed by atoms with Crippen LogP contribution < -0.4 is 0 Å². The van der Waals surface area contributed by atoms with Gasteiger partial charge in [-0.05, 0) is 6.54 Å². The predicted molar refractivity (Wildman–Crippen MR) is 47.7 cm³/mol. The molecule has 0 aromatic carbocycles. The fourth-order valence-corrected chi connectivity index (χ4v) is 1.12. The Labute approximate surface area is 69.6 Å². The van der Waals surface area contributed by atoms with Crippen molar-refractivity contribution in [2.45, 2.75) is 33.6 Å². The molecule has 1 aliphatic rings. The van der Waals surface area contributed by atoms with E-state index in [9.17, 15) is 4.79 Å². The number of Topliss-reactive ketones (excluding diaryl/α,β-unsaturated/α-hetero) is 1. The first-order valence-corrected chi connectivity index (χ1v) is 4.57. The minimum absolute atomic E-state index is 0.430. The molecule has 1 saturated heterocycles. The second-order valence-electron chi connectivity index (χ2n) is 2.47. The number of rotatable bonds is 1. The minimum Gasteiger partial charge on any atom is -0.303 e. The summed E-state index contributed by atoms with van der Waals surface area (Å²) in [5, 5.41) is 0. The van der Waals surface area contributed by atoms with Gasteiger partial charge in [0.1, 0.15) is 5.78 Å². The van der Waals surface area contributed by atoms with Gasteiger partial charge in [0, 0.05) is 25.9 Å². The third kappa shape index (κ3) is 4.14. The molecule has 11 heavy (non-hydrogen) atoms. The van der Waals surface area contributed by atoms with Crippen molar-refractivity contribution in [2.24, 2.45) is 0 Å². The summed E-state index contributed by atoms with van der Waals surface area (Å²) in [6.07, 6.45) is 1.54. The van der Waals surface area contributed by atoms with Crippen molar-refractivity contribution >= 4 is 5.78 Å². The lowest BCUT2D eigenvalue weighted by molar-refractivity contribution is -0.121. The monoisotopic (exact) mass is 157 g/mol. The molecular weight excluding hydrogens is 138 g/mol. The molecule has 0 spiro atoms. The van der Waals surface area contributed by atoms with Crippen LogP contribution in [0, 0.1) is 0 Å². The number of ketones is 1. The predicted octanol–water partition coefficient (Wildman–Crippen LogP) is 1.70. The van der Waals surface area contributed by atoms with Gasteiger partial charge in [-0.15, -0.1) is 0 Å². The average Bonchev–Trinajstić information content (AvgIpc) is 2.10. The molecule has 0 unspecified atom stereocenters. The lowest BCUT2D eigenvalue weighted by Gasteiger charge is -2.23. The number of carbonyl (C=O) groups is 1. The van der Waals surface area contributed by atoms with Crippen molar-refractivity contribution in [3.05, 3.63) is 0 Å². The van der Waals surface area contributed by atoms with E-state index >= 15 is 0 Å². The first-order valence-electron chi connectivity index (χ1n) is 4.57. The summed E-state index contributed by atoms with van der Waals surface area (Å²) in [5.41, 5.74) is 0. The fourth-order valence-electron chi connectivity index (χ4n) is 1.12. The standard InChI is InChI=1S/C7H13NO.C2H6/c1-2-8-5-3-7(9)4-6-8;1-2/h2-6H2,1H3;1-2H3. The van der Waals surface area contributed by atoms with Crippen LogP contribution in [0.15, 0.2) is 0 Å². The molecule has 0 bridgehead atoms. The third-order valence-corrected chi connectivity index (χ3v) is 1.86. The van der Waals surface area contributed by atoms with E-state index in [1.54, 1.807) is 0 Å². The molecule has 1 fully saturated rings. The Morgan fingerprint density at radius 3 is 2.09 bits per heavy atom. The van der Waals surface area contributed by atoms with E-state index in [4.69, 9.17) is 0 Å². The third-order valence-electron chi connectivity index (χ3n) is 1.86. The van der Waals surface area contributed by atoms with Crippen molar-refractivity contribution in [3.8, 4) is 0 Å². The second kappa shape index (κ2) is 6.35. The van der Waals surface area contributed by atoms with Gasteiger partial charge in [0.05, 0.1) is 0 Å². The summed E-state index contributed by atoms with van der Waals surface area (Å²) in [6, 6.07) is 0. The zero-order valence-electron chi connectivity index (χ0n) is 7.89. The number of likely N-dealkylation sites (tertiary alicyclic amines) is 1. The van der Waals surface area contributed by atoms with Gasteiger partial charge in [0.25, 0.3) is 0 Å². The largest absolute Gasteiger partial charge is 0.303 e. The van der Waals surface area contributed by atoms with Crippen LogP contribution >= 0.6 is 0 Å². The topological polar surface area (TPSA) is 20.3 Å². The molecule has 2 nitrogen and oxygen atoms in total. The minimum atomic E-state index is 0.430. The van der Waals surface area contributed by atoms with Gasteiger partial charge < -0.3 is 4.90 Å². The van der Waals surface area contributed by atoms with Crippen LogP contribution in [0.5, 0.6) is 0 Å². The van der Waals surface area contributed by atoms with Crippen molar-refractivity contribution in [2.75, 3.05) is 19.6 Å². The smallest absolute Gasteiger partial charge is 0.135 e. The van der Waals surface area contributed by atoms with Gasteiger partial charge in [-0.2, -0.15) is 0 Å². The summed E-state index contributed by atoms with van der Waals surface area (Å²) in [5.74, 6) is 0.430. The highest BCUT2D eigenvalue weighted by molar-refractivity contribution is 5.79. The molecule has 1 aliphatic heterocycles. The van der Waals surface area contributed by atoms with Gasteiger partial charge in [0.2, 0.25) is 0 Å². The zero-order chi connectivity index (χ0) is 8.69. The van der Waals surface area contributed by atoms with E-state index in [0.717, 1.165) is 32.5 Å². The SMILES string of the molecule is CC.CCN1CCC(=O)CC1. The molecule has 0 amide bonds. The van der Waals surface area contributed by atoms with E-state index in [1.807, 2.05) is 13.8 Å². The summed E-state index contributed by atoms with van der Waals surface area (Å²) in [6.45, 7) is 9.19. The van der Waals surface area contributed by atoms with E-state index in [2.05, 4.69) is 11.8 Å². The van der Waals surface area contributed by atoms with E-state index in [0.29, 0.717) is 5.78 Å². The average molecular weight is 157 g/mol. The molecular formula is C9H19NO. The van der Waals surface area contributed by atoms with Crippen molar-refractivity contribution in [1.82, 2.24) is 4.90 Å². The number of carbonyl (C=O) groups excluding carboxylic acids is 1. The van der Waals surface area contributed by atoms with Crippen LogP contribution in [0.2, 0.25) is 0 Å². The quantitative estimate of drug-likeness (QED) is 0.577. The second-order valence-corrected chi connectivity index (χ2v) is 2.47. The Morgan fingerprint density at radius 1 is 1.27 bits per heavy atom. The van der Waals surface area contributed by atoms with Crippen molar-refractivity contribution in [1.29, 1.82) is 0 Å². The fraction of sp³-hybridized carbons (Fsp3) is 0.889. The molecule has 2 heteroatoms. The molecule has 0 radical (unpaired) electrons. The number of hydrogen-bond donors (Lipinski definition) is 0. The molecule has 0 atom stereocenters. The Hall–Kier alpha value is -0.370. The summed E-state index contributed by atoms with van der Waals surface area (Å²) >= 11 is 0. The van der Waals surface area contributed by atoms with E-state index < -0.39 is 0 Å². The maximum atomic E-state index is 10.7. The Balaban J connectivity index is 0.000000461. The van der Waals surface area contributed by atoms with Crippen molar-refractivity contribution < 1.29 is 4.79 Å². The normalized spacial score (nSPS) is 19.0. The molecule has 0 aromatic rings. The van der Waals surface area contributed by atoms with Crippen LogP contribution in [0.1, 0.15) is 33.6 Å². The molecule has 1 rings (SSSR count). The van der Waals surface area contributed by atoms with Gasteiger partial charge >= 0.3 is 0 Å². The van der Waals surface area contributed by atoms with Crippen LogP contribution in [0.25, 0.3) is 0 Å². The van der Waals surface area contributed by atoms with E-state index in [-0.39, 0.29) is 0 Å². The first kappa shape index (κ1) is 10.6. The lowest BCUT2D eigenvalue weighted by Crippen LogP contribution is -2.33. The van der Waals surface area contributed by atoms with E-state index in [1.165, 1.54) is 0 Å². The Kier molecular flexibility index (Phi) is 6.13. The Morgan fingerprint density at radius 2 is 1.73 bits per heavy atom. The molecule has 0 saturated carbocycles. The van der Waals surface area contributed by atoms with Crippen LogP contribution in [-0.2, 0) is 4.79 Å². The maximum Gasteiger partial charge on any atom is 0.135 e. The molecule has 0 aliphatic carbocycles. The molecule has 1 heterocycles. The molecule has 0 aromatic heterocycles. The molecule has 66 valence electrons. The van der Waals surface area contributed by atoms with Gasteiger partial charge in [-0.25, -0.2) is 0 Å². The highest BCUT2D eigenvalue weighted by atomic mass is 16.1. The van der Waals surface area contributed by atoms with Gasteiger partial charge in [-0.1, -0.05) is 20.8 Å². The van der Waals surface area contributed by atoms with Gasteiger partial charge in [0.15, 0.2) is 0 Å². The highest BCUT2D eigenvalue weighted by Gasteiger charge is 2.13. The lowest BCUT2D eigenvalue weighted by atomic mass is 10.1. The van der Waals surface area contributed by atoms with Crippen LogP contribution in [-0.4, -0.2) is 30.3 Å². The number of piperidine rings is 1. The summed E-state index contributed by atoms with van der Waals surface area (Å²) in [4.78, 5) is 13.0. The van der Waals surface area contributed by atoms with Crippen LogP contribution in [0.3, 0.4) is 0 Å². The maximum absolute atomic E-state index is 10.7.